The maximum absolute atomic E-state index is 12.8. The molecule has 20 heavy (non-hydrogen) atoms. The van der Waals surface area contributed by atoms with Crippen molar-refractivity contribution in [3.63, 3.8) is 0 Å². The number of rotatable bonds is 2. The van der Waals surface area contributed by atoms with Gasteiger partial charge >= 0.3 is 0 Å². The van der Waals surface area contributed by atoms with Crippen LogP contribution in [0.2, 0.25) is 0 Å². The van der Waals surface area contributed by atoms with Crippen molar-refractivity contribution in [2.75, 3.05) is 0 Å². The van der Waals surface area contributed by atoms with Gasteiger partial charge in [0.15, 0.2) is 0 Å². The van der Waals surface area contributed by atoms with E-state index in [-0.39, 0.29) is 11.3 Å². The van der Waals surface area contributed by atoms with Crippen molar-refractivity contribution in [2.24, 2.45) is 5.73 Å². The van der Waals surface area contributed by atoms with Crippen molar-refractivity contribution in [3.8, 4) is 0 Å². The predicted molar refractivity (Wildman–Crippen MR) is 83.1 cm³/mol. The molecule has 104 valence electrons. The maximum Gasteiger partial charge on any atom is 0.0590 e. The first-order chi connectivity index (χ1) is 9.66. The summed E-state index contributed by atoms with van der Waals surface area (Å²) in [6, 6.07) is 16.0. The molecule has 2 aromatic rings. The number of fused-ring (bicyclic) bond motifs is 1. The minimum absolute atomic E-state index is 0.00704. The fourth-order valence-electron chi connectivity index (χ4n) is 2.85. The zero-order valence-corrected chi connectivity index (χ0v) is 12.4. The first kappa shape index (κ1) is 13.5. The van der Waals surface area contributed by atoms with Gasteiger partial charge in [0, 0.05) is 10.9 Å². The van der Waals surface area contributed by atoms with Gasteiger partial charge in [-0.3, -0.25) is 4.21 Å². The van der Waals surface area contributed by atoms with Gasteiger partial charge in [-0.25, -0.2) is 0 Å². The minimum Gasteiger partial charge on any atom is -0.323 e. The van der Waals surface area contributed by atoms with Gasteiger partial charge in [-0.15, -0.1) is 0 Å². The molecular formula is C17H19NOS. The SMILES string of the molecule is Cc1ccc(S(=O)C2CCc3ccccc3C2N)cc1. The Bertz CT molecular complexity index is 636. The molecule has 3 rings (SSSR count). The van der Waals surface area contributed by atoms with Gasteiger partial charge in [-0.1, -0.05) is 42.0 Å². The van der Waals surface area contributed by atoms with E-state index < -0.39 is 10.8 Å². The average Bonchev–Trinajstić information content (AvgIpc) is 2.48. The monoisotopic (exact) mass is 285 g/mol. The molecule has 2 nitrogen and oxygen atoms in total. The lowest BCUT2D eigenvalue weighted by Crippen LogP contribution is -2.34. The second kappa shape index (κ2) is 5.51. The quantitative estimate of drug-likeness (QED) is 0.921. The lowest BCUT2D eigenvalue weighted by Gasteiger charge is -2.30. The minimum atomic E-state index is -1.04. The smallest absolute Gasteiger partial charge is 0.0590 e. The van der Waals surface area contributed by atoms with Gasteiger partial charge in [0.25, 0.3) is 0 Å². The lowest BCUT2D eigenvalue weighted by atomic mass is 9.88. The van der Waals surface area contributed by atoms with Crippen LogP contribution in [0.3, 0.4) is 0 Å². The fraction of sp³-hybridized carbons (Fsp3) is 0.294. The maximum atomic E-state index is 12.8. The highest BCUT2D eigenvalue weighted by Gasteiger charge is 2.31. The molecule has 3 unspecified atom stereocenters. The standard InChI is InChI=1S/C17H19NOS/c1-12-6-9-14(10-7-12)20(19)16-11-8-13-4-2-3-5-15(13)17(16)18/h2-7,9-10,16-17H,8,11,18H2,1H3. The van der Waals surface area contributed by atoms with Crippen LogP contribution in [-0.2, 0) is 17.2 Å². The summed E-state index contributed by atoms with van der Waals surface area (Å²) in [5.74, 6) is 0. The molecule has 0 bridgehead atoms. The van der Waals surface area contributed by atoms with E-state index in [0.717, 1.165) is 23.3 Å². The van der Waals surface area contributed by atoms with Gasteiger partial charge in [0.2, 0.25) is 0 Å². The summed E-state index contributed by atoms with van der Waals surface area (Å²) in [6.45, 7) is 2.04. The Morgan fingerprint density at radius 1 is 1.10 bits per heavy atom. The van der Waals surface area contributed by atoms with Gasteiger partial charge in [-0.2, -0.15) is 0 Å². The zero-order chi connectivity index (χ0) is 14.1. The summed E-state index contributed by atoms with van der Waals surface area (Å²) >= 11 is 0. The summed E-state index contributed by atoms with van der Waals surface area (Å²) < 4.78 is 12.8. The molecule has 1 aliphatic rings. The Morgan fingerprint density at radius 2 is 1.80 bits per heavy atom. The molecule has 2 N–H and O–H groups in total. The molecule has 0 radical (unpaired) electrons. The highest BCUT2D eigenvalue weighted by Crippen LogP contribution is 2.33. The van der Waals surface area contributed by atoms with E-state index in [1.807, 2.05) is 43.3 Å². The van der Waals surface area contributed by atoms with Crippen molar-refractivity contribution < 1.29 is 4.21 Å². The topological polar surface area (TPSA) is 43.1 Å². The molecule has 0 aromatic heterocycles. The van der Waals surface area contributed by atoms with E-state index in [4.69, 9.17) is 5.73 Å². The van der Waals surface area contributed by atoms with E-state index in [9.17, 15) is 4.21 Å². The van der Waals surface area contributed by atoms with Gasteiger partial charge in [-0.05, 0) is 43.0 Å². The number of nitrogens with two attached hydrogens (primary N) is 1. The Labute approximate surface area is 122 Å². The van der Waals surface area contributed by atoms with Gasteiger partial charge in [0.05, 0.1) is 16.0 Å². The zero-order valence-electron chi connectivity index (χ0n) is 11.6. The highest BCUT2D eigenvalue weighted by atomic mass is 32.2. The highest BCUT2D eigenvalue weighted by molar-refractivity contribution is 7.85. The molecule has 0 heterocycles. The molecule has 0 fully saturated rings. The number of hydrogen-bond acceptors (Lipinski definition) is 2. The Balaban J connectivity index is 1.89. The summed E-state index contributed by atoms with van der Waals surface area (Å²) in [4.78, 5) is 0.885. The van der Waals surface area contributed by atoms with Crippen LogP contribution in [-0.4, -0.2) is 9.46 Å². The van der Waals surface area contributed by atoms with Gasteiger partial charge in [0.1, 0.15) is 0 Å². The average molecular weight is 285 g/mol. The Kier molecular flexibility index (Phi) is 3.72. The van der Waals surface area contributed by atoms with E-state index in [2.05, 4.69) is 12.1 Å². The van der Waals surface area contributed by atoms with Crippen LogP contribution in [0.15, 0.2) is 53.4 Å². The Morgan fingerprint density at radius 3 is 2.55 bits per heavy atom. The van der Waals surface area contributed by atoms with Crippen LogP contribution < -0.4 is 5.73 Å². The number of hydrogen-bond donors (Lipinski definition) is 1. The second-order valence-corrected chi connectivity index (χ2v) is 7.08. The molecule has 0 aliphatic heterocycles. The molecular weight excluding hydrogens is 266 g/mol. The third-order valence-corrected chi connectivity index (χ3v) is 5.86. The summed E-state index contributed by atoms with van der Waals surface area (Å²) in [7, 11) is -1.04. The van der Waals surface area contributed by atoms with Crippen LogP contribution in [0.4, 0.5) is 0 Å². The lowest BCUT2D eigenvalue weighted by molar-refractivity contribution is 0.563. The number of aryl methyl sites for hydroxylation is 2. The molecule has 3 atom stereocenters. The van der Waals surface area contributed by atoms with E-state index in [0.29, 0.717) is 0 Å². The van der Waals surface area contributed by atoms with Crippen molar-refractivity contribution in [1.29, 1.82) is 0 Å². The van der Waals surface area contributed by atoms with E-state index in [1.54, 1.807) is 0 Å². The number of benzene rings is 2. The van der Waals surface area contributed by atoms with Crippen LogP contribution >= 0.6 is 0 Å². The molecule has 0 spiro atoms. The second-order valence-electron chi connectivity index (χ2n) is 5.41. The molecule has 2 aromatic carbocycles. The molecule has 1 aliphatic carbocycles. The molecule has 0 amide bonds. The summed E-state index contributed by atoms with van der Waals surface area (Å²) in [6.07, 6.45) is 1.85. The normalized spacial score (nSPS) is 23.1. The van der Waals surface area contributed by atoms with Crippen molar-refractivity contribution in [1.82, 2.24) is 0 Å². The molecule has 0 saturated heterocycles. The van der Waals surface area contributed by atoms with Crippen molar-refractivity contribution >= 4 is 10.8 Å². The fourth-order valence-corrected chi connectivity index (χ4v) is 4.35. The van der Waals surface area contributed by atoms with E-state index >= 15 is 0 Å². The van der Waals surface area contributed by atoms with Crippen molar-refractivity contribution in [2.45, 2.75) is 36.0 Å². The molecule has 0 saturated carbocycles. The third-order valence-electron chi connectivity index (χ3n) is 4.04. The molecule has 3 heteroatoms. The summed E-state index contributed by atoms with van der Waals surface area (Å²) in [5.41, 5.74) is 10.0. The Hall–Kier alpha value is -1.45. The van der Waals surface area contributed by atoms with Crippen LogP contribution in [0, 0.1) is 6.92 Å². The van der Waals surface area contributed by atoms with Gasteiger partial charge < -0.3 is 5.73 Å². The largest absolute Gasteiger partial charge is 0.323 e. The van der Waals surface area contributed by atoms with Crippen LogP contribution in [0.1, 0.15) is 29.2 Å². The van der Waals surface area contributed by atoms with Crippen molar-refractivity contribution in [3.05, 3.63) is 65.2 Å². The van der Waals surface area contributed by atoms with Crippen LogP contribution in [0.25, 0.3) is 0 Å². The first-order valence-corrected chi connectivity index (χ1v) is 8.19. The van der Waals surface area contributed by atoms with E-state index in [1.165, 1.54) is 11.1 Å². The third kappa shape index (κ3) is 2.43. The summed E-state index contributed by atoms with van der Waals surface area (Å²) in [5, 5.41) is 0.00704. The first-order valence-electron chi connectivity index (χ1n) is 6.97. The van der Waals surface area contributed by atoms with Crippen LogP contribution in [0.5, 0.6) is 0 Å². The predicted octanol–water partition coefficient (Wildman–Crippen LogP) is 3.12.